The second-order valence-electron chi connectivity index (χ2n) is 9.59. The van der Waals surface area contributed by atoms with Crippen molar-refractivity contribution in [1.82, 2.24) is 9.80 Å². The number of carbonyl (C=O) groups excluding carboxylic acids is 3. The van der Waals surface area contributed by atoms with Crippen LogP contribution in [0.15, 0.2) is 54.6 Å². The van der Waals surface area contributed by atoms with Crippen molar-refractivity contribution >= 4 is 18.1 Å². The third-order valence-corrected chi connectivity index (χ3v) is 6.86. The molecule has 2 aromatic carbocycles. The quantitative estimate of drug-likeness (QED) is 0.468. The van der Waals surface area contributed by atoms with Crippen LogP contribution in [0.3, 0.4) is 0 Å². The molecule has 2 heterocycles. The SMILES string of the molecule is CC(C)[CH-]C(=O)N1CCC2(CC1)CC(=O)N(C)CC2c1ccccc1.O=[C-]c1ccccc1F.[Yb+2]. The standard InChI is InChI=1S/C21H29N2O2.C7H4FO.Yb/c1-16(2)13-19(24)23-11-9-21(10-12-23)14-20(25)22(3)15-18(21)17-7-5-4-6-8-17;8-7-4-2-1-3-6(7)5-9;/h4-8,13,16,18H,9-12,14-15H2,1-3H3;1-4H;/q2*-1;+2. The van der Waals surface area contributed by atoms with Crippen molar-refractivity contribution in [1.29, 1.82) is 0 Å². The number of hydrogen-bond acceptors (Lipinski definition) is 3. The largest absolute Gasteiger partial charge is 2.00 e. The molecule has 0 saturated carbocycles. The third kappa shape index (κ3) is 7.67. The smallest absolute Gasteiger partial charge is 0.376 e. The summed E-state index contributed by atoms with van der Waals surface area (Å²) in [6, 6.07) is 16.3. The zero-order chi connectivity index (χ0) is 24.7. The number of piperidine rings is 2. The van der Waals surface area contributed by atoms with Crippen LogP contribution in [-0.2, 0) is 14.4 Å². The van der Waals surface area contributed by atoms with Gasteiger partial charge < -0.3 is 25.8 Å². The number of carbonyl (C=O) groups is 2. The fraction of sp³-hybridized carbons (Fsp3) is 0.429. The van der Waals surface area contributed by atoms with Crippen LogP contribution in [0.5, 0.6) is 0 Å². The van der Waals surface area contributed by atoms with Gasteiger partial charge in [-0.1, -0.05) is 56.3 Å². The van der Waals surface area contributed by atoms with E-state index in [2.05, 4.69) is 24.3 Å². The molecule has 4 rings (SSSR count). The Hall–Kier alpha value is -1.63. The average molecular weight is 638 g/mol. The van der Waals surface area contributed by atoms with Crippen LogP contribution in [0, 0.1) is 70.5 Å². The summed E-state index contributed by atoms with van der Waals surface area (Å²) in [6.45, 7) is 6.34. The monoisotopic (exact) mass is 638 g/mol. The Bertz CT molecular complexity index is 991. The van der Waals surface area contributed by atoms with Crippen molar-refractivity contribution in [2.45, 2.75) is 39.0 Å². The van der Waals surface area contributed by atoms with Gasteiger partial charge in [0.25, 0.3) is 0 Å². The second-order valence-corrected chi connectivity index (χ2v) is 9.59. The minimum absolute atomic E-state index is 0. The summed E-state index contributed by atoms with van der Waals surface area (Å²) in [7, 11) is 1.90. The van der Waals surface area contributed by atoms with Gasteiger partial charge >= 0.3 is 46.9 Å². The van der Waals surface area contributed by atoms with E-state index >= 15 is 0 Å². The average Bonchev–Trinajstić information content (AvgIpc) is 2.83. The van der Waals surface area contributed by atoms with Gasteiger partial charge in [0.1, 0.15) is 0 Å². The summed E-state index contributed by atoms with van der Waals surface area (Å²) < 4.78 is 12.3. The Kier molecular flexibility index (Phi) is 11.5. The van der Waals surface area contributed by atoms with Gasteiger partial charge in [0.05, 0.1) is 12.2 Å². The topological polar surface area (TPSA) is 57.7 Å². The molecule has 0 bridgehead atoms. The van der Waals surface area contributed by atoms with Crippen LogP contribution in [0.1, 0.15) is 50.2 Å². The van der Waals surface area contributed by atoms with Crippen molar-refractivity contribution < 1.29 is 65.7 Å². The maximum absolute atomic E-state index is 12.4. The van der Waals surface area contributed by atoms with Crippen molar-refractivity contribution in [3.63, 3.8) is 0 Å². The summed E-state index contributed by atoms with van der Waals surface area (Å²) in [4.78, 5) is 38.5. The summed E-state index contributed by atoms with van der Waals surface area (Å²) in [5.74, 6) is 0.474. The van der Waals surface area contributed by atoms with Crippen molar-refractivity contribution in [2.24, 2.45) is 11.3 Å². The molecule has 0 radical (unpaired) electrons. The number of likely N-dealkylation sites (tertiary alicyclic amines) is 2. The maximum Gasteiger partial charge on any atom is 2.00 e. The molecule has 1 spiro atoms. The molecule has 2 aliphatic rings. The predicted octanol–water partition coefficient (Wildman–Crippen LogP) is 4.38. The molecule has 0 aromatic heterocycles. The first kappa shape index (κ1) is 29.6. The van der Waals surface area contributed by atoms with Gasteiger partial charge in [0.2, 0.25) is 5.91 Å². The van der Waals surface area contributed by atoms with Crippen LogP contribution >= 0.6 is 0 Å². The molecular formula is C28H33FN2O3Yb. The van der Waals surface area contributed by atoms with E-state index in [0.29, 0.717) is 12.3 Å². The summed E-state index contributed by atoms with van der Waals surface area (Å²) in [5.41, 5.74) is 1.28. The number of halogens is 1. The number of likely N-dealkylation sites (N-methyl/N-ethyl adjacent to an activating group) is 1. The molecule has 2 aromatic rings. The van der Waals surface area contributed by atoms with Crippen molar-refractivity contribution in [2.75, 3.05) is 26.7 Å². The molecule has 2 saturated heterocycles. The van der Waals surface area contributed by atoms with E-state index in [9.17, 15) is 18.8 Å². The number of benzene rings is 2. The Morgan fingerprint density at radius 1 is 1.09 bits per heavy atom. The Balaban J connectivity index is 0.000000366. The van der Waals surface area contributed by atoms with Gasteiger partial charge in [-0.15, -0.1) is 11.6 Å². The minimum Gasteiger partial charge on any atom is -0.376 e. The minimum atomic E-state index is -0.521. The first-order valence-corrected chi connectivity index (χ1v) is 11.8. The first-order valence-electron chi connectivity index (χ1n) is 11.8. The molecule has 5 nitrogen and oxygen atoms in total. The zero-order valence-corrected chi connectivity index (χ0v) is 22.2. The molecular weight excluding hydrogens is 604 g/mol. The van der Waals surface area contributed by atoms with Crippen molar-refractivity contribution in [3.05, 3.63) is 78.0 Å². The fourth-order valence-electron chi connectivity index (χ4n) is 4.91. The number of rotatable bonds is 4. The summed E-state index contributed by atoms with van der Waals surface area (Å²) in [5, 5.41) is 0. The Morgan fingerprint density at radius 3 is 2.23 bits per heavy atom. The van der Waals surface area contributed by atoms with E-state index < -0.39 is 5.82 Å². The third-order valence-electron chi connectivity index (χ3n) is 6.86. The summed E-state index contributed by atoms with van der Waals surface area (Å²) >= 11 is 0. The number of nitrogens with zero attached hydrogens (tertiary/aromatic N) is 2. The molecule has 1 atom stereocenters. The van der Waals surface area contributed by atoms with Gasteiger partial charge in [0, 0.05) is 44.8 Å². The predicted molar refractivity (Wildman–Crippen MR) is 130 cm³/mol. The first-order chi connectivity index (χ1) is 16.3. The van der Waals surface area contributed by atoms with E-state index in [1.165, 1.54) is 30.0 Å². The van der Waals surface area contributed by atoms with E-state index in [-0.39, 0.29) is 75.6 Å². The molecule has 7 heteroatoms. The van der Waals surface area contributed by atoms with Gasteiger partial charge in [-0.3, -0.25) is 9.18 Å². The van der Waals surface area contributed by atoms with E-state index in [0.717, 1.165) is 32.5 Å². The molecule has 2 aliphatic heterocycles. The van der Waals surface area contributed by atoms with E-state index in [1.54, 1.807) is 12.5 Å². The molecule has 1 unspecified atom stereocenters. The molecule has 194 valence electrons. The molecule has 0 aliphatic carbocycles. The Labute approximate surface area is 246 Å². The van der Waals surface area contributed by atoms with Gasteiger partial charge in [-0.05, 0) is 23.8 Å². The van der Waals surface area contributed by atoms with Gasteiger partial charge in [0.15, 0.2) is 0 Å². The second kappa shape index (κ2) is 13.6. The molecule has 35 heavy (non-hydrogen) atoms. The van der Waals surface area contributed by atoms with Gasteiger partial charge in [-0.2, -0.15) is 12.0 Å². The van der Waals surface area contributed by atoms with E-state index in [1.807, 2.05) is 36.8 Å². The molecule has 2 amide bonds. The van der Waals surface area contributed by atoms with Crippen LogP contribution in [-0.4, -0.2) is 54.6 Å². The summed E-state index contributed by atoms with van der Waals surface area (Å²) in [6.07, 6.45) is 5.68. The fourth-order valence-corrected chi connectivity index (χ4v) is 4.91. The Morgan fingerprint density at radius 2 is 1.69 bits per heavy atom. The molecule has 0 N–H and O–H groups in total. The van der Waals surface area contributed by atoms with Crippen LogP contribution in [0.25, 0.3) is 0 Å². The van der Waals surface area contributed by atoms with Crippen molar-refractivity contribution in [3.8, 4) is 0 Å². The normalized spacial score (nSPS) is 18.9. The van der Waals surface area contributed by atoms with Crippen LogP contribution in [0.4, 0.5) is 4.39 Å². The number of amides is 2. The van der Waals surface area contributed by atoms with Crippen LogP contribution in [0.2, 0.25) is 0 Å². The van der Waals surface area contributed by atoms with E-state index in [4.69, 9.17) is 0 Å². The van der Waals surface area contributed by atoms with Crippen LogP contribution < -0.4 is 0 Å². The number of hydrogen-bond donors (Lipinski definition) is 0. The zero-order valence-electron chi connectivity index (χ0n) is 20.4. The van der Waals surface area contributed by atoms with Gasteiger partial charge in [-0.25, -0.2) is 0 Å². The molecule has 2 fully saturated rings. The maximum atomic E-state index is 12.4.